The maximum atomic E-state index is 9.45. The lowest BCUT2D eigenvalue weighted by Gasteiger charge is -2.09. The first kappa shape index (κ1) is 2.57. The van der Waals surface area contributed by atoms with Crippen LogP contribution in [0.3, 0.4) is 0 Å². The standard InChI is InChI=1S/CHBO3/c3-1-4-2-5-1/h2H. The molecule has 0 atom stereocenters. The molecule has 0 aliphatic carbocycles. The van der Waals surface area contributed by atoms with Crippen LogP contribution >= 0.6 is 0 Å². The van der Waals surface area contributed by atoms with E-state index in [1.165, 1.54) is 0 Å². The van der Waals surface area contributed by atoms with Gasteiger partial charge in [0.15, 0.2) is 0 Å². The number of carbonyl (C=O) groups excluding carboxylic acids is 1. The van der Waals surface area contributed by atoms with Crippen molar-refractivity contribution in [1.29, 1.82) is 0 Å². The number of carbonyl (C=O) groups is 1. The second kappa shape index (κ2) is 0.639. The third-order valence-electron chi connectivity index (χ3n) is 0.354. The van der Waals surface area contributed by atoms with E-state index in [1.54, 1.807) is 0 Å². The van der Waals surface area contributed by atoms with E-state index in [2.05, 4.69) is 9.31 Å². The monoisotopic (exact) mass is 72.0 g/mol. The van der Waals surface area contributed by atoms with E-state index in [4.69, 9.17) is 0 Å². The van der Waals surface area contributed by atoms with Crippen LogP contribution < -0.4 is 0 Å². The van der Waals surface area contributed by atoms with Crippen molar-refractivity contribution >= 4 is 13.8 Å². The van der Waals surface area contributed by atoms with Gasteiger partial charge in [-0.05, 0) is 0 Å². The molecule has 1 heterocycles. The van der Waals surface area contributed by atoms with Gasteiger partial charge >= 0.3 is 13.8 Å². The van der Waals surface area contributed by atoms with Gasteiger partial charge in [0.2, 0.25) is 0 Å². The lowest BCUT2D eigenvalue weighted by molar-refractivity contribution is 0.102. The third-order valence-corrected chi connectivity index (χ3v) is 0.354. The molecule has 0 saturated carbocycles. The Kier molecular flexibility index (Phi) is 0.328. The largest absolute Gasteiger partial charge is 0.585 e. The van der Waals surface area contributed by atoms with Crippen LogP contribution in [-0.4, -0.2) is 13.8 Å². The zero-order chi connectivity index (χ0) is 3.70. The normalized spacial score (nSPS) is 17.2. The molecule has 0 N–H and O–H groups in total. The fourth-order valence-electron chi connectivity index (χ4n) is 0.107. The van der Waals surface area contributed by atoms with Gasteiger partial charge in [0, 0.05) is 0 Å². The van der Waals surface area contributed by atoms with E-state index < -0.39 is 6.16 Å². The topological polar surface area (TPSA) is 35.5 Å². The summed E-state index contributed by atoms with van der Waals surface area (Å²) in [6.45, 7) is 0. The Morgan fingerprint density at radius 3 is 2.00 bits per heavy atom. The summed E-state index contributed by atoms with van der Waals surface area (Å²) in [5, 5.41) is 0. The second-order valence-electron chi connectivity index (χ2n) is 0.657. The zero-order valence-corrected chi connectivity index (χ0v) is 2.43. The van der Waals surface area contributed by atoms with Crippen LogP contribution in [0.15, 0.2) is 0 Å². The van der Waals surface area contributed by atoms with Gasteiger partial charge in [0.25, 0.3) is 0 Å². The van der Waals surface area contributed by atoms with Crippen LogP contribution in [0, 0.1) is 0 Å². The van der Waals surface area contributed by atoms with Gasteiger partial charge in [-0.15, -0.1) is 0 Å². The summed E-state index contributed by atoms with van der Waals surface area (Å²) < 4.78 is 8.14. The molecule has 0 spiro atoms. The van der Waals surface area contributed by atoms with Crippen molar-refractivity contribution in [2.45, 2.75) is 0 Å². The van der Waals surface area contributed by atoms with Gasteiger partial charge < -0.3 is 9.31 Å². The van der Waals surface area contributed by atoms with Crippen LogP contribution in [0.25, 0.3) is 0 Å². The average molecular weight is 71.8 g/mol. The van der Waals surface area contributed by atoms with Crippen LogP contribution in [0.2, 0.25) is 0 Å². The van der Waals surface area contributed by atoms with Crippen LogP contribution in [-0.2, 0) is 9.31 Å². The molecule has 1 aliphatic heterocycles. The van der Waals surface area contributed by atoms with Gasteiger partial charge in [0.1, 0.15) is 0 Å². The molecule has 0 radical (unpaired) electrons. The van der Waals surface area contributed by atoms with Crippen molar-refractivity contribution in [3.05, 3.63) is 0 Å². The van der Waals surface area contributed by atoms with Crippen molar-refractivity contribution in [2.75, 3.05) is 0 Å². The SMILES string of the molecule is O=C1OBO1. The molecule has 0 amide bonds. The summed E-state index contributed by atoms with van der Waals surface area (Å²) in [5.41, 5.74) is 0. The summed E-state index contributed by atoms with van der Waals surface area (Å²) in [6, 6.07) is 0. The van der Waals surface area contributed by atoms with Crippen LogP contribution in [0.1, 0.15) is 0 Å². The highest BCUT2D eigenvalue weighted by Crippen LogP contribution is 1.90. The first-order valence-electron chi connectivity index (χ1n) is 1.19. The molecule has 0 aromatic heterocycles. The molecule has 1 saturated heterocycles. The highest BCUT2D eigenvalue weighted by molar-refractivity contribution is 6.31. The maximum Gasteiger partial charge on any atom is 0.585 e. The molecule has 1 rings (SSSR count). The predicted octanol–water partition coefficient (Wildman–Crippen LogP) is -0.580. The maximum absolute atomic E-state index is 9.45. The summed E-state index contributed by atoms with van der Waals surface area (Å²) in [4.78, 5) is 9.45. The average Bonchev–Trinajstić information content (AvgIpc) is 1.30. The summed E-state index contributed by atoms with van der Waals surface area (Å²) in [6.07, 6.45) is -0.565. The molecule has 3 nitrogen and oxygen atoms in total. The highest BCUT2D eigenvalue weighted by Gasteiger charge is 2.16. The Labute approximate surface area is 29.2 Å². The fourth-order valence-corrected chi connectivity index (χ4v) is 0.107. The van der Waals surface area contributed by atoms with Crippen molar-refractivity contribution in [3.8, 4) is 0 Å². The minimum Gasteiger partial charge on any atom is -0.470 e. The Hall–Kier alpha value is -0.665. The zero-order valence-electron chi connectivity index (χ0n) is 2.43. The smallest absolute Gasteiger partial charge is 0.470 e. The third kappa shape index (κ3) is 0.209. The molecule has 5 heavy (non-hydrogen) atoms. The van der Waals surface area contributed by atoms with E-state index >= 15 is 0 Å². The molecule has 1 aliphatic rings. The van der Waals surface area contributed by atoms with Gasteiger partial charge in [-0.1, -0.05) is 0 Å². The molecule has 0 aromatic carbocycles. The van der Waals surface area contributed by atoms with Gasteiger partial charge in [0.05, 0.1) is 0 Å². The number of hydrogen-bond donors (Lipinski definition) is 0. The van der Waals surface area contributed by atoms with Crippen LogP contribution in [0.5, 0.6) is 0 Å². The molecule has 0 aromatic rings. The first-order valence-corrected chi connectivity index (χ1v) is 1.19. The molecule has 1 fully saturated rings. The molecule has 26 valence electrons. The van der Waals surface area contributed by atoms with Crippen molar-refractivity contribution in [1.82, 2.24) is 0 Å². The fraction of sp³-hybridized carbons (Fsp3) is 0. The number of rotatable bonds is 0. The Bertz CT molecular complexity index is 53.9. The Morgan fingerprint density at radius 2 is 2.00 bits per heavy atom. The minimum atomic E-state index is -0.565. The van der Waals surface area contributed by atoms with E-state index in [1.807, 2.05) is 0 Å². The van der Waals surface area contributed by atoms with E-state index in [-0.39, 0.29) is 7.69 Å². The van der Waals surface area contributed by atoms with Crippen molar-refractivity contribution < 1.29 is 14.1 Å². The molecule has 4 heteroatoms. The summed E-state index contributed by atoms with van der Waals surface area (Å²) >= 11 is 0. The lowest BCUT2D eigenvalue weighted by Crippen LogP contribution is -2.25. The highest BCUT2D eigenvalue weighted by atomic mass is 16.8. The van der Waals surface area contributed by atoms with Gasteiger partial charge in [-0.25, -0.2) is 4.79 Å². The van der Waals surface area contributed by atoms with Crippen molar-refractivity contribution in [3.63, 3.8) is 0 Å². The van der Waals surface area contributed by atoms with Crippen LogP contribution in [0.4, 0.5) is 4.79 Å². The van der Waals surface area contributed by atoms with Crippen molar-refractivity contribution in [2.24, 2.45) is 0 Å². The predicted molar refractivity (Wildman–Crippen MR) is 14.7 cm³/mol. The minimum absolute atomic E-state index is 0.138. The summed E-state index contributed by atoms with van der Waals surface area (Å²) in [5.74, 6) is 0. The Balaban J connectivity index is 2.32. The number of hydrogen-bond acceptors (Lipinski definition) is 3. The quantitative estimate of drug-likeness (QED) is 0.359. The van der Waals surface area contributed by atoms with Gasteiger partial charge in [-0.2, -0.15) is 0 Å². The Morgan fingerprint density at radius 1 is 1.60 bits per heavy atom. The van der Waals surface area contributed by atoms with E-state index in [0.717, 1.165) is 0 Å². The lowest BCUT2D eigenvalue weighted by atomic mass is 10.4. The molecular weight excluding hydrogens is 70.8 g/mol. The van der Waals surface area contributed by atoms with Gasteiger partial charge in [-0.3, -0.25) is 0 Å². The van der Waals surface area contributed by atoms with E-state index in [9.17, 15) is 4.79 Å². The second-order valence-corrected chi connectivity index (χ2v) is 0.657. The first-order chi connectivity index (χ1) is 2.39. The molecule has 0 bridgehead atoms. The molecular formula is CHBO3. The van der Waals surface area contributed by atoms with E-state index in [0.29, 0.717) is 0 Å². The summed E-state index contributed by atoms with van der Waals surface area (Å²) in [7, 11) is 0.138. The molecule has 0 unspecified atom stereocenters.